The van der Waals surface area contributed by atoms with Gasteiger partial charge in [0.1, 0.15) is 0 Å². The molecule has 0 spiro atoms. The lowest BCUT2D eigenvalue weighted by atomic mass is 9.74. The lowest BCUT2D eigenvalue weighted by Crippen LogP contribution is -2.42. The molecule has 0 aliphatic carbocycles. The molecule has 0 aromatic carbocycles. The highest BCUT2D eigenvalue weighted by Crippen LogP contribution is 2.38. The number of nitrogens with zero attached hydrogens (tertiary/aromatic N) is 1. The van der Waals surface area contributed by atoms with Crippen LogP contribution in [0.4, 0.5) is 0 Å². The average Bonchev–Trinajstić information content (AvgIpc) is 2.45. The molecule has 0 bridgehead atoms. The SMILES string of the molecule is CCC1(CC)CCN(C(=O)CCC(C)CCN)CC1. The molecule has 0 radical (unpaired) electrons. The molecule has 2 N–H and O–H groups in total. The number of nitrogens with two attached hydrogens (primary N) is 1. The van der Waals surface area contributed by atoms with Crippen LogP contribution in [-0.4, -0.2) is 30.4 Å². The van der Waals surface area contributed by atoms with Crippen LogP contribution in [0.5, 0.6) is 0 Å². The summed E-state index contributed by atoms with van der Waals surface area (Å²) in [5.41, 5.74) is 6.05. The van der Waals surface area contributed by atoms with E-state index in [0.29, 0.717) is 23.7 Å². The van der Waals surface area contributed by atoms with Crippen molar-refractivity contribution in [3.63, 3.8) is 0 Å². The number of carbonyl (C=O) groups is 1. The third kappa shape index (κ3) is 4.79. The van der Waals surface area contributed by atoms with Crippen LogP contribution in [-0.2, 0) is 4.79 Å². The normalized spacial score (nSPS) is 20.3. The second kappa shape index (κ2) is 7.88. The maximum Gasteiger partial charge on any atom is 0.222 e. The molecule has 1 unspecified atom stereocenters. The Bertz CT molecular complexity index is 264. The Morgan fingerprint density at radius 2 is 1.79 bits per heavy atom. The average molecular weight is 268 g/mol. The van der Waals surface area contributed by atoms with Crippen molar-refractivity contribution in [1.29, 1.82) is 0 Å². The monoisotopic (exact) mass is 268 g/mol. The zero-order valence-corrected chi connectivity index (χ0v) is 13.1. The predicted molar refractivity (Wildman–Crippen MR) is 80.9 cm³/mol. The molecule has 1 aliphatic rings. The van der Waals surface area contributed by atoms with Gasteiger partial charge in [0.05, 0.1) is 0 Å². The van der Waals surface area contributed by atoms with Crippen LogP contribution >= 0.6 is 0 Å². The van der Waals surface area contributed by atoms with Crippen molar-refractivity contribution in [1.82, 2.24) is 4.90 Å². The summed E-state index contributed by atoms with van der Waals surface area (Å²) in [6.07, 6.45) is 7.58. The van der Waals surface area contributed by atoms with Gasteiger partial charge in [0.15, 0.2) is 0 Å². The Morgan fingerprint density at radius 1 is 1.21 bits per heavy atom. The topological polar surface area (TPSA) is 46.3 Å². The third-order valence-corrected chi connectivity index (χ3v) is 5.19. The number of likely N-dealkylation sites (tertiary alicyclic amines) is 1. The number of piperidine rings is 1. The first kappa shape index (κ1) is 16.5. The van der Waals surface area contributed by atoms with Gasteiger partial charge in [-0.25, -0.2) is 0 Å². The van der Waals surface area contributed by atoms with E-state index in [1.807, 2.05) is 0 Å². The fraction of sp³-hybridized carbons (Fsp3) is 0.938. The van der Waals surface area contributed by atoms with E-state index in [-0.39, 0.29) is 0 Å². The molecule has 3 heteroatoms. The van der Waals surface area contributed by atoms with E-state index in [9.17, 15) is 4.79 Å². The van der Waals surface area contributed by atoms with Gasteiger partial charge < -0.3 is 10.6 Å². The second-order valence-corrected chi connectivity index (χ2v) is 6.31. The van der Waals surface area contributed by atoms with Gasteiger partial charge in [0, 0.05) is 19.5 Å². The summed E-state index contributed by atoms with van der Waals surface area (Å²) in [5, 5.41) is 0. The molecular weight excluding hydrogens is 236 g/mol. The number of carbonyl (C=O) groups excluding carboxylic acids is 1. The Balaban J connectivity index is 2.32. The molecule has 0 saturated carbocycles. The predicted octanol–water partition coefficient (Wildman–Crippen LogP) is 3.18. The summed E-state index contributed by atoms with van der Waals surface area (Å²) in [5.74, 6) is 0.925. The molecule has 19 heavy (non-hydrogen) atoms. The number of rotatable bonds is 7. The highest BCUT2D eigenvalue weighted by molar-refractivity contribution is 5.76. The fourth-order valence-electron chi connectivity index (χ4n) is 3.14. The van der Waals surface area contributed by atoms with Crippen molar-refractivity contribution >= 4 is 5.91 Å². The summed E-state index contributed by atoms with van der Waals surface area (Å²) in [4.78, 5) is 14.3. The van der Waals surface area contributed by atoms with Crippen LogP contribution < -0.4 is 5.73 Å². The lowest BCUT2D eigenvalue weighted by Gasteiger charge is -2.41. The van der Waals surface area contributed by atoms with E-state index in [2.05, 4.69) is 25.7 Å². The second-order valence-electron chi connectivity index (χ2n) is 6.31. The molecule has 1 rings (SSSR count). The van der Waals surface area contributed by atoms with Gasteiger partial charge in [-0.15, -0.1) is 0 Å². The van der Waals surface area contributed by atoms with E-state index < -0.39 is 0 Å². The molecule has 0 aromatic rings. The molecule has 1 amide bonds. The van der Waals surface area contributed by atoms with Crippen LogP contribution in [0.1, 0.15) is 65.7 Å². The zero-order valence-electron chi connectivity index (χ0n) is 13.1. The van der Waals surface area contributed by atoms with Gasteiger partial charge in [-0.3, -0.25) is 4.79 Å². The molecule has 1 saturated heterocycles. The first-order chi connectivity index (χ1) is 9.06. The number of hydrogen-bond acceptors (Lipinski definition) is 2. The van der Waals surface area contributed by atoms with Crippen molar-refractivity contribution < 1.29 is 4.79 Å². The summed E-state index contributed by atoms with van der Waals surface area (Å²) < 4.78 is 0. The van der Waals surface area contributed by atoms with Gasteiger partial charge in [0.2, 0.25) is 5.91 Å². The fourth-order valence-corrected chi connectivity index (χ4v) is 3.14. The smallest absolute Gasteiger partial charge is 0.222 e. The summed E-state index contributed by atoms with van der Waals surface area (Å²) in [7, 11) is 0. The van der Waals surface area contributed by atoms with Crippen molar-refractivity contribution in [3.8, 4) is 0 Å². The van der Waals surface area contributed by atoms with E-state index in [4.69, 9.17) is 5.73 Å². The van der Waals surface area contributed by atoms with Crippen LogP contribution in [0.2, 0.25) is 0 Å². The molecule has 1 aliphatic heterocycles. The van der Waals surface area contributed by atoms with Crippen molar-refractivity contribution in [2.45, 2.75) is 65.7 Å². The summed E-state index contributed by atoms with van der Waals surface area (Å²) >= 11 is 0. The van der Waals surface area contributed by atoms with Gasteiger partial charge in [-0.2, -0.15) is 0 Å². The molecule has 1 fully saturated rings. The van der Waals surface area contributed by atoms with Crippen LogP contribution in [0.25, 0.3) is 0 Å². The highest BCUT2D eigenvalue weighted by Gasteiger charge is 2.32. The first-order valence-corrected chi connectivity index (χ1v) is 8.04. The van der Waals surface area contributed by atoms with Gasteiger partial charge in [0.25, 0.3) is 0 Å². The Labute approximate surface area is 118 Å². The van der Waals surface area contributed by atoms with Crippen molar-refractivity contribution in [3.05, 3.63) is 0 Å². The molecule has 1 heterocycles. The van der Waals surface area contributed by atoms with Crippen molar-refractivity contribution in [2.24, 2.45) is 17.1 Å². The minimum absolute atomic E-state index is 0.352. The Hall–Kier alpha value is -0.570. The summed E-state index contributed by atoms with van der Waals surface area (Å²) in [6.45, 7) is 9.42. The minimum atomic E-state index is 0.352. The largest absolute Gasteiger partial charge is 0.343 e. The first-order valence-electron chi connectivity index (χ1n) is 8.04. The van der Waals surface area contributed by atoms with Gasteiger partial charge in [-0.05, 0) is 43.6 Å². The molecule has 3 nitrogen and oxygen atoms in total. The maximum absolute atomic E-state index is 12.2. The lowest BCUT2D eigenvalue weighted by molar-refractivity contribution is -0.134. The van der Waals surface area contributed by atoms with Crippen LogP contribution in [0.15, 0.2) is 0 Å². The van der Waals surface area contributed by atoms with E-state index >= 15 is 0 Å². The van der Waals surface area contributed by atoms with Crippen LogP contribution in [0, 0.1) is 11.3 Å². The van der Waals surface area contributed by atoms with E-state index in [0.717, 1.165) is 32.5 Å². The van der Waals surface area contributed by atoms with Gasteiger partial charge >= 0.3 is 0 Å². The Kier molecular flexibility index (Phi) is 6.84. The summed E-state index contributed by atoms with van der Waals surface area (Å²) in [6, 6.07) is 0. The molecule has 0 aromatic heterocycles. The van der Waals surface area contributed by atoms with Gasteiger partial charge in [-0.1, -0.05) is 33.6 Å². The van der Waals surface area contributed by atoms with Crippen LogP contribution in [0.3, 0.4) is 0 Å². The van der Waals surface area contributed by atoms with E-state index in [1.54, 1.807) is 0 Å². The molecular formula is C16H32N2O. The maximum atomic E-state index is 12.2. The van der Waals surface area contributed by atoms with E-state index in [1.165, 1.54) is 25.7 Å². The quantitative estimate of drug-likeness (QED) is 0.771. The number of hydrogen-bond donors (Lipinski definition) is 1. The molecule has 112 valence electrons. The zero-order chi connectivity index (χ0) is 14.3. The molecule has 1 atom stereocenters. The minimum Gasteiger partial charge on any atom is -0.343 e. The third-order valence-electron chi connectivity index (χ3n) is 5.19. The van der Waals surface area contributed by atoms with Crippen molar-refractivity contribution in [2.75, 3.05) is 19.6 Å². The Morgan fingerprint density at radius 3 is 2.26 bits per heavy atom. The highest BCUT2D eigenvalue weighted by atomic mass is 16.2. The standard InChI is InChI=1S/C16H32N2O/c1-4-16(5-2)9-12-18(13-10-16)15(19)7-6-14(3)8-11-17/h14H,4-13,17H2,1-3H3. The number of amides is 1.